The zero-order valence-corrected chi connectivity index (χ0v) is 13.3. The molecular formula is C15H28O5. The Morgan fingerprint density at radius 1 is 0.950 bits per heavy atom. The highest BCUT2D eigenvalue weighted by Gasteiger charge is 2.13. The Morgan fingerprint density at radius 3 is 2.15 bits per heavy atom. The normalized spacial score (nSPS) is 13.9. The SMILES string of the molecule is CCCC(=O)OC(C)COC(C)COC(=O)CC(C)C. The van der Waals surface area contributed by atoms with Crippen LogP contribution in [-0.2, 0) is 23.8 Å². The van der Waals surface area contributed by atoms with E-state index < -0.39 is 0 Å². The highest BCUT2D eigenvalue weighted by atomic mass is 16.6. The molecule has 0 saturated heterocycles. The van der Waals surface area contributed by atoms with Crippen LogP contribution in [-0.4, -0.2) is 37.4 Å². The Hall–Kier alpha value is -1.10. The minimum absolute atomic E-state index is 0.209. The number of carbonyl (C=O) groups excluding carboxylic acids is 2. The largest absolute Gasteiger partial charge is 0.463 e. The van der Waals surface area contributed by atoms with Crippen molar-refractivity contribution in [3.8, 4) is 0 Å². The maximum atomic E-state index is 11.4. The Bertz CT molecular complexity index is 288. The van der Waals surface area contributed by atoms with E-state index in [2.05, 4.69) is 0 Å². The first kappa shape index (κ1) is 18.9. The van der Waals surface area contributed by atoms with E-state index in [9.17, 15) is 9.59 Å². The van der Waals surface area contributed by atoms with Crippen LogP contribution in [0.3, 0.4) is 0 Å². The molecule has 0 aliphatic heterocycles. The van der Waals surface area contributed by atoms with Gasteiger partial charge in [0, 0.05) is 12.8 Å². The number of carbonyl (C=O) groups is 2. The van der Waals surface area contributed by atoms with Crippen molar-refractivity contribution in [3.63, 3.8) is 0 Å². The standard InChI is InChI=1S/C15H28O5/c1-6-7-14(16)20-13(5)10-18-12(4)9-19-15(17)8-11(2)3/h11-13H,6-10H2,1-5H3. The number of rotatable bonds is 10. The van der Waals surface area contributed by atoms with Crippen LogP contribution in [0.2, 0.25) is 0 Å². The van der Waals surface area contributed by atoms with Gasteiger partial charge in [0.25, 0.3) is 0 Å². The third-order valence-electron chi connectivity index (χ3n) is 2.46. The first-order valence-electron chi connectivity index (χ1n) is 7.31. The number of hydrogen-bond donors (Lipinski definition) is 0. The highest BCUT2D eigenvalue weighted by Crippen LogP contribution is 2.04. The van der Waals surface area contributed by atoms with E-state index in [-0.39, 0.29) is 36.7 Å². The third kappa shape index (κ3) is 10.8. The summed E-state index contributed by atoms with van der Waals surface area (Å²) >= 11 is 0. The number of esters is 2. The molecule has 2 atom stereocenters. The second kappa shape index (κ2) is 10.7. The molecule has 0 rings (SSSR count). The number of ether oxygens (including phenoxy) is 3. The van der Waals surface area contributed by atoms with Crippen molar-refractivity contribution in [3.05, 3.63) is 0 Å². The molecule has 0 N–H and O–H groups in total. The lowest BCUT2D eigenvalue weighted by atomic mass is 10.1. The molecule has 0 heterocycles. The van der Waals surface area contributed by atoms with E-state index in [1.807, 2.05) is 27.7 Å². The molecule has 2 unspecified atom stereocenters. The van der Waals surface area contributed by atoms with E-state index in [0.29, 0.717) is 19.4 Å². The lowest BCUT2D eigenvalue weighted by molar-refractivity contribution is -0.154. The molecule has 0 aliphatic carbocycles. The van der Waals surface area contributed by atoms with Crippen LogP contribution >= 0.6 is 0 Å². The summed E-state index contributed by atoms with van der Waals surface area (Å²) in [5, 5.41) is 0. The van der Waals surface area contributed by atoms with Crippen molar-refractivity contribution in [2.24, 2.45) is 5.92 Å². The monoisotopic (exact) mass is 288 g/mol. The van der Waals surface area contributed by atoms with Gasteiger partial charge in [0.15, 0.2) is 0 Å². The van der Waals surface area contributed by atoms with Crippen LogP contribution < -0.4 is 0 Å². The lowest BCUT2D eigenvalue weighted by Gasteiger charge is -2.18. The van der Waals surface area contributed by atoms with E-state index >= 15 is 0 Å². The van der Waals surface area contributed by atoms with E-state index in [1.165, 1.54) is 0 Å². The summed E-state index contributed by atoms with van der Waals surface area (Å²) in [5.41, 5.74) is 0. The van der Waals surface area contributed by atoms with Crippen LogP contribution in [0.15, 0.2) is 0 Å². The summed E-state index contributed by atoms with van der Waals surface area (Å²) in [5.74, 6) is -0.130. The highest BCUT2D eigenvalue weighted by molar-refractivity contribution is 5.69. The van der Waals surface area contributed by atoms with Gasteiger partial charge < -0.3 is 14.2 Å². The van der Waals surface area contributed by atoms with Crippen LogP contribution in [0.4, 0.5) is 0 Å². The molecule has 5 nitrogen and oxygen atoms in total. The summed E-state index contributed by atoms with van der Waals surface area (Å²) in [6.07, 6.45) is 1.11. The Morgan fingerprint density at radius 2 is 1.60 bits per heavy atom. The fraction of sp³-hybridized carbons (Fsp3) is 0.867. The van der Waals surface area contributed by atoms with Gasteiger partial charge in [-0.05, 0) is 26.2 Å². The molecular weight excluding hydrogens is 260 g/mol. The fourth-order valence-electron chi connectivity index (χ4n) is 1.47. The van der Waals surface area contributed by atoms with Crippen LogP contribution in [0.1, 0.15) is 53.9 Å². The van der Waals surface area contributed by atoms with Crippen LogP contribution in [0.5, 0.6) is 0 Å². The van der Waals surface area contributed by atoms with Gasteiger partial charge in [-0.2, -0.15) is 0 Å². The zero-order valence-electron chi connectivity index (χ0n) is 13.3. The summed E-state index contributed by atoms with van der Waals surface area (Å²) in [7, 11) is 0. The van der Waals surface area contributed by atoms with Gasteiger partial charge in [0.05, 0.1) is 12.7 Å². The molecule has 0 aliphatic rings. The molecule has 0 amide bonds. The summed E-state index contributed by atoms with van der Waals surface area (Å²) in [6, 6.07) is 0. The van der Waals surface area contributed by atoms with Gasteiger partial charge in [-0.15, -0.1) is 0 Å². The van der Waals surface area contributed by atoms with E-state index in [1.54, 1.807) is 6.92 Å². The fourth-order valence-corrected chi connectivity index (χ4v) is 1.47. The quantitative estimate of drug-likeness (QED) is 0.578. The Balaban J connectivity index is 3.73. The lowest BCUT2D eigenvalue weighted by Crippen LogP contribution is -2.26. The van der Waals surface area contributed by atoms with Gasteiger partial charge in [-0.25, -0.2) is 0 Å². The predicted molar refractivity (Wildman–Crippen MR) is 76.3 cm³/mol. The third-order valence-corrected chi connectivity index (χ3v) is 2.46. The van der Waals surface area contributed by atoms with E-state index in [4.69, 9.17) is 14.2 Å². The average molecular weight is 288 g/mol. The minimum atomic E-state index is -0.289. The summed E-state index contributed by atoms with van der Waals surface area (Å²) in [6.45, 7) is 9.99. The molecule has 0 bridgehead atoms. The van der Waals surface area contributed by atoms with Gasteiger partial charge >= 0.3 is 11.9 Å². The topological polar surface area (TPSA) is 61.8 Å². The molecule has 0 fully saturated rings. The van der Waals surface area contributed by atoms with Gasteiger partial charge in [0.1, 0.15) is 12.7 Å². The van der Waals surface area contributed by atoms with Crippen molar-refractivity contribution < 1.29 is 23.8 Å². The minimum Gasteiger partial charge on any atom is -0.463 e. The number of hydrogen-bond acceptors (Lipinski definition) is 5. The summed E-state index contributed by atoms with van der Waals surface area (Å²) in [4.78, 5) is 22.6. The molecule has 0 radical (unpaired) electrons. The summed E-state index contributed by atoms with van der Waals surface area (Å²) < 4.78 is 15.7. The van der Waals surface area contributed by atoms with Crippen molar-refractivity contribution in [1.82, 2.24) is 0 Å². The van der Waals surface area contributed by atoms with Gasteiger partial charge in [0.2, 0.25) is 0 Å². The van der Waals surface area contributed by atoms with Crippen molar-refractivity contribution >= 4 is 11.9 Å². The van der Waals surface area contributed by atoms with Crippen molar-refractivity contribution in [2.45, 2.75) is 66.1 Å². The predicted octanol–water partition coefficient (Wildman–Crippen LogP) is 2.71. The van der Waals surface area contributed by atoms with Crippen LogP contribution in [0.25, 0.3) is 0 Å². The Labute approximate surface area is 122 Å². The molecule has 118 valence electrons. The molecule has 0 spiro atoms. The molecule has 20 heavy (non-hydrogen) atoms. The molecule has 5 heteroatoms. The maximum absolute atomic E-state index is 11.4. The Kier molecular flexibility index (Phi) is 10.1. The van der Waals surface area contributed by atoms with Crippen molar-refractivity contribution in [2.75, 3.05) is 13.2 Å². The first-order chi connectivity index (χ1) is 9.35. The smallest absolute Gasteiger partial charge is 0.306 e. The average Bonchev–Trinajstić information content (AvgIpc) is 2.33. The van der Waals surface area contributed by atoms with Crippen LogP contribution in [0, 0.1) is 5.92 Å². The first-order valence-corrected chi connectivity index (χ1v) is 7.31. The maximum Gasteiger partial charge on any atom is 0.306 e. The van der Waals surface area contributed by atoms with Gasteiger partial charge in [-0.1, -0.05) is 20.8 Å². The second-order valence-electron chi connectivity index (χ2n) is 5.48. The molecule has 0 saturated carbocycles. The van der Waals surface area contributed by atoms with Crippen molar-refractivity contribution in [1.29, 1.82) is 0 Å². The zero-order chi connectivity index (χ0) is 15.5. The second-order valence-corrected chi connectivity index (χ2v) is 5.48. The molecule has 0 aromatic rings. The molecule has 0 aromatic heterocycles. The van der Waals surface area contributed by atoms with Gasteiger partial charge in [-0.3, -0.25) is 9.59 Å². The molecule has 0 aromatic carbocycles. The van der Waals surface area contributed by atoms with E-state index in [0.717, 1.165) is 6.42 Å².